The zero-order chi connectivity index (χ0) is 39.1. The summed E-state index contributed by atoms with van der Waals surface area (Å²) in [6.07, 6.45) is -5.51. The maximum atomic E-state index is 13.8. The van der Waals surface area contributed by atoms with E-state index in [1.165, 1.54) is 18.2 Å². The number of nitrogens with zero attached hydrogens (tertiary/aromatic N) is 2. The van der Waals surface area contributed by atoms with Crippen molar-refractivity contribution in [2.45, 2.75) is 19.3 Å². The van der Waals surface area contributed by atoms with Crippen LogP contribution in [-0.4, -0.2) is 11.9 Å². The zero-order valence-electron chi connectivity index (χ0n) is 29.1. The van der Waals surface area contributed by atoms with Gasteiger partial charge in [-0.25, -0.2) is 0 Å². The normalized spacial score (nSPS) is 17.3. The first-order valence-corrected chi connectivity index (χ1v) is 17.2. The molecule has 0 bridgehead atoms. The van der Waals surface area contributed by atoms with E-state index >= 15 is 0 Å². The van der Waals surface area contributed by atoms with Crippen LogP contribution in [0.5, 0.6) is 0 Å². The van der Waals surface area contributed by atoms with Gasteiger partial charge in [-0.1, -0.05) is 110 Å². The summed E-state index contributed by atoms with van der Waals surface area (Å²) < 4.78 is 82.6. The van der Waals surface area contributed by atoms with Gasteiger partial charge < -0.3 is 0 Å². The molecule has 270 valence electrons. The highest BCUT2D eigenvalue weighted by molar-refractivity contribution is 6.48. The smallest absolute Gasteiger partial charge is 0.300 e. The standard InChI is InChI=1S/C46H29F6N3/c1-27-24-38(46(50,51)52)22-23-39(27)43-41(35-16-12-33(13-17-35)31-8-4-29(26-54)5-9-31)40(42(44(43)55)36-18-20-37(21-19-36)45(47,48)49)34-14-10-32(11-15-34)30-6-2-28(25-53)3-7-30/h2-24,27,39,55H,1H3. The fraction of sp³-hybridized carbons (Fsp3) is 0.109. The van der Waals surface area contributed by atoms with Gasteiger partial charge in [0.05, 0.1) is 40.1 Å². The van der Waals surface area contributed by atoms with Crippen molar-refractivity contribution < 1.29 is 26.3 Å². The van der Waals surface area contributed by atoms with Gasteiger partial charge >= 0.3 is 12.4 Å². The van der Waals surface area contributed by atoms with Crippen LogP contribution >= 0.6 is 0 Å². The van der Waals surface area contributed by atoms with Crippen LogP contribution in [0.15, 0.2) is 151 Å². The van der Waals surface area contributed by atoms with Crippen molar-refractivity contribution in [3.63, 3.8) is 0 Å². The molecule has 2 aliphatic carbocycles. The lowest BCUT2D eigenvalue weighted by Gasteiger charge is -2.27. The van der Waals surface area contributed by atoms with Crippen LogP contribution in [0.1, 0.15) is 40.3 Å². The SMILES string of the molecule is CC1C=C(C(F)(F)F)C=CC1C1=C(c2ccc(-c3ccc(C#N)cc3)cc2)C(c2ccc(-c3ccc(C#N)cc3)cc2)=C(c2ccc(C(F)(F)F)cc2)C1=N. The molecule has 0 saturated carbocycles. The first-order chi connectivity index (χ1) is 26.3. The Bertz CT molecular complexity index is 2500. The first-order valence-electron chi connectivity index (χ1n) is 17.2. The van der Waals surface area contributed by atoms with Gasteiger partial charge in [0.2, 0.25) is 0 Å². The molecule has 0 spiro atoms. The Labute approximate surface area is 313 Å². The van der Waals surface area contributed by atoms with Crippen LogP contribution in [0.25, 0.3) is 39.0 Å². The fourth-order valence-electron chi connectivity index (χ4n) is 7.19. The summed E-state index contributed by atoms with van der Waals surface area (Å²) in [6.45, 7) is 1.66. The van der Waals surface area contributed by atoms with Crippen LogP contribution in [-0.2, 0) is 6.18 Å². The second-order valence-corrected chi connectivity index (χ2v) is 13.4. The molecule has 7 rings (SSSR count). The maximum Gasteiger partial charge on any atom is 0.416 e. The molecule has 55 heavy (non-hydrogen) atoms. The number of hydrogen-bond donors (Lipinski definition) is 1. The minimum Gasteiger partial charge on any atom is -0.300 e. The van der Waals surface area contributed by atoms with Gasteiger partial charge in [-0.3, -0.25) is 5.41 Å². The zero-order valence-corrected chi connectivity index (χ0v) is 29.1. The van der Waals surface area contributed by atoms with Gasteiger partial charge in [-0.05, 0) is 98.0 Å². The molecule has 0 fully saturated rings. The van der Waals surface area contributed by atoms with Crippen molar-refractivity contribution in [2.75, 3.05) is 0 Å². The maximum absolute atomic E-state index is 13.8. The predicted molar refractivity (Wildman–Crippen MR) is 202 cm³/mol. The highest BCUT2D eigenvalue weighted by atomic mass is 19.4. The Balaban J connectivity index is 1.44. The molecule has 3 nitrogen and oxygen atoms in total. The van der Waals surface area contributed by atoms with E-state index in [2.05, 4.69) is 12.1 Å². The second kappa shape index (κ2) is 14.3. The van der Waals surface area contributed by atoms with Crippen molar-refractivity contribution >= 4 is 22.4 Å². The van der Waals surface area contributed by atoms with Crippen LogP contribution in [0.3, 0.4) is 0 Å². The first kappa shape index (κ1) is 36.6. The highest BCUT2D eigenvalue weighted by Gasteiger charge is 2.40. The van der Waals surface area contributed by atoms with Crippen molar-refractivity contribution in [3.8, 4) is 34.4 Å². The summed E-state index contributed by atoms with van der Waals surface area (Å²) >= 11 is 0. The van der Waals surface area contributed by atoms with Gasteiger partial charge in [0, 0.05) is 11.5 Å². The van der Waals surface area contributed by atoms with E-state index in [1.807, 2.05) is 72.8 Å². The summed E-state index contributed by atoms with van der Waals surface area (Å²) in [6, 6.07) is 37.9. The molecule has 9 heteroatoms. The quantitative estimate of drug-likeness (QED) is 0.176. The van der Waals surface area contributed by atoms with E-state index < -0.39 is 35.3 Å². The number of nitrogens with one attached hydrogen (secondary N) is 1. The molecule has 2 unspecified atom stereocenters. The Morgan fingerprint density at radius 2 is 0.891 bits per heavy atom. The van der Waals surface area contributed by atoms with Gasteiger partial charge in [-0.15, -0.1) is 0 Å². The Morgan fingerprint density at radius 1 is 0.509 bits per heavy atom. The Hall–Kier alpha value is -6.71. The number of rotatable bonds is 6. The molecule has 0 saturated heterocycles. The Kier molecular flexibility index (Phi) is 9.50. The third-order valence-corrected chi connectivity index (χ3v) is 9.98. The molecule has 5 aromatic rings. The van der Waals surface area contributed by atoms with E-state index in [-0.39, 0.29) is 5.71 Å². The van der Waals surface area contributed by atoms with Gasteiger partial charge in [-0.2, -0.15) is 36.9 Å². The van der Waals surface area contributed by atoms with Gasteiger partial charge in [0.1, 0.15) is 0 Å². The minimum atomic E-state index is -4.59. The van der Waals surface area contributed by atoms with Crippen LogP contribution in [0.2, 0.25) is 0 Å². The number of halogens is 6. The van der Waals surface area contributed by atoms with Crippen molar-refractivity contribution in [2.24, 2.45) is 11.8 Å². The number of benzene rings is 5. The van der Waals surface area contributed by atoms with E-state index in [1.54, 1.807) is 31.2 Å². The molecular weight excluding hydrogens is 709 g/mol. The molecule has 2 atom stereocenters. The molecule has 0 aliphatic heterocycles. The van der Waals surface area contributed by atoms with Crippen LogP contribution in [0.4, 0.5) is 26.3 Å². The molecule has 0 aromatic heterocycles. The summed E-state index contributed by atoms with van der Waals surface area (Å²) in [7, 11) is 0. The molecule has 2 aliphatic rings. The molecule has 0 radical (unpaired) electrons. The summed E-state index contributed by atoms with van der Waals surface area (Å²) in [5, 5.41) is 28.2. The minimum absolute atomic E-state index is 0.00227. The lowest BCUT2D eigenvalue weighted by Crippen LogP contribution is -2.22. The Morgan fingerprint density at radius 3 is 1.29 bits per heavy atom. The average molecular weight is 738 g/mol. The fourth-order valence-corrected chi connectivity index (χ4v) is 7.19. The molecule has 5 aromatic carbocycles. The third-order valence-electron chi connectivity index (χ3n) is 9.98. The number of hydrogen-bond acceptors (Lipinski definition) is 3. The largest absolute Gasteiger partial charge is 0.416 e. The molecular formula is C46H29F6N3. The number of allylic oxidation sites excluding steroid dienone is 8. The number of alkyl halides is 6. The monoisotopic (exact) mass is 737 g/mol. The summed E-state index contributed by atoms with van der Waals surface area (Å²) in [5.74, 6) is -1.36. The van der Waals surface area contributed by atoms with Crippen LogP contribution in [0, 0.1) is 39.9 Å². The topological polar surface area (TPSA) is 71.4 Å². The lowest BCUT2D eigenvalue weighted by molar-refractivity contribution is -0.137. The van der Waals surface area contributed by atoms with E-state index in [4.69, 9.17) is 0 Å². The summed E-state index contributed by atoms with van der Waals surface area (Å²) in [5.41, 5.74) is 6.38. The van der Waals surface area contributed by atoms with Gasteiger partial charge in [0.15, 0.2) is 0 Å². The molecule has 0 amide bonds. The average Bonchev–Trinajstić information content (AvgIpc) is 3.49. The lowest BCUT2D eigenvalue weighted by atomic mass is 9.77. The second-order valence-electron chi connectivity index (χ2n) is 13.4. The highest BCUT2D eigenvalue weighted by Crippen LogP contribution is 2.52. The van der Waals surface area contributed by atoms with Gasteiger partial charge in [0.25, 0.3) is 0 Å². The van der Waals surface area contributed by atoms with E-state index in [0.29, 0.717) is 50.1 Å². The summed E-state index contributed by atoms with van der Waals surface area (Å²) in [4.78, 5) is 0. The van der Waals surface area contributed by atoms with E-state index in [9.17, 15) is 42.3 Å². The molecule has 1 N–H and O–H groups in total. The predicted octanol–water partition coefficient (Wildman–Crippen LogP) is 12.5. The van der Waals surface area contributed by atoms with Crippen molar-refractivity contribution in [1.29, 1.82) is 15.9 Å². The van der Waals surface area contributed by atoms with Crippen molar-refractivity contribution in [3.05, 3.63) is 184 Å². The van der Waals surface area contributed by atoms with Crippen LogP contribution < -0.4 is 0 Å². The molecule has 0 heterocycles. The van der Waals surface area contributed by atoms with E-state index in [0.717, 1.165) is 46.5 Å². The van der Waals surface area contributed by atoms with Crippen molar-refractivity contribution in [1.82, 2.24) is 0 Å². The number of nitriles is 2. The third kappa shape index (κ3) is 7.17.